The SMILES string of the molecule is CCN(CC1CCCC1)c1ccc(OC)nc1CN(Cc1cc(C(F)(F)F)ccc1C(F)(F)F)c1ncc(OCC[S+](C)[O-])cn1. The average Bonchev–Trinajstić information content (AvgIpc) is 3.52. The van der Waals surface area contributed by atoms with Crippen LogP contribution in [0, 0.1) is 5.92 Å². The molecular formula is C31H37F6N5O3S. The fraction of sp³-hybridized carbons (Fsp3) is 0.516. The van der Waals surface area contributed by atoms with Gasteiger partial charge < -0.3 is 23.8 Å². The lowest BCUT2D eigenvalue weighted by atomic mass is 10.0. The number of halogens is 6. The van der Waals surface area contributed by atoms with E-state index in [0.717, 1.165) is 37.9 Å². The molecule has 4 rings (SSSR count). The van der Waals surface area contributed by atoms with Gasteiger partial charge in [0.05, 0.1) is 54.8 Å². The average molecular weight is 674 g/mol. The minimum atomic E-state index is -4.91. The smallest absolute Gasteiger partial charge is 0.416 e. The van der Waals surface area contributed by atoms with Gasteiger partial charge in [-0.3, -0.25) is 0 Å². The molecule has 0 saturated heterocycles. The van der Waals surface area contributed by atoms with Crippen LogP contribution in [0.3, 0.4) is 0 Å². The molecule has 0 spiro atoms. The molecule has 1 unspecified atom stereocenters. The summed E-state index contributed by atoms with van der Waals surface area (Å²) in [6.45, 7) is 2.76. The Bertz CT molecular complexity index is 1420. The molecule has 3 aromatic rings. The van der Waals surface area contributed by atoms with Crippen LogP contribution < -0.4 is 19.3 Å². The molecule has 1 saturated carbocycles. The van der Waals surface area contributed by atoms with Gasteiger partial charge in [-0.05, 0) is 55.5 Å². The minimum absolute atomic E-state index is 0.0497. The van der Waals surface area contributed by atoms with Gasteiger partial charge in [-0.2, -0.15) is 26.3 Å². The molecule has 8 nitrogen and oxygen atoms in total. The second-order valence-corrected chi connectivity index (χ2v) is 12.6. The lowest BCUT2D eigenvalue weighted by molar-refractivity contribution is -0.141. The van der Waals surface area contributed by atoms with E-state index in [1.807, 2.05) is 13.0 Å². The highest BCUT2D eigenvalue weighted by atomic mass is 32.2. The molecule has 252 valence electrons. The van der Waals surface area contributed by atoms with Crippen molar-refractivity contribution in [2.45, 2.75) is 58.0 Å². The Morgan fingerprint density at radius 1 is 0.957 bits per heavy atom. The number of alkyl halides is 6. The van der Waals surface area contributed by atoms with Crippen LogP contribution in [0.25, 0.3) is 0 Å². The normalized spacial score (nSPS) is 14.7. The maximum absolute atomic E-state index is 14.1. The molecule has 15 heteroatoms. The predicted molar refractivity (Wildman–Crippen MR) is 163 cm³/mol. The summed E-state index contributed by atoms with van der Waals surface area (Å²) in [6.07, 6.45) is -1.15. The Labute approximate surface area is 267 Å². The van der Waals surface area contributed by atoms with Crippen molar-refractivity contribution in [3.63, 3.8) is 0 Å². The molecule has 1 fully saturated rings. The molecule has 2 heterocycles. The van der Waals surface area contributed by atoms with Crippen molar-refractivity contribution in [2.75, 3.05) is 48.6 Å². The number of methoxy groups -OCH3 is 1. The van der Waals surface area contributed by atoms with Gasteiger partial charge in [0.25, 0.3) is 0 Å². The second kappa shape index (κ2) is 15.4. The molecule has 0 aliphatic heterocycles. The molecule has 1 atom stereocenters. The third-order valence-corrected chi connectivity index (χ3v) is 8.53. The summed E-state index contributed by atoms with van der Waals surface area (Å²) in [7, 11) is 1.44. The first-order valence-corrected chi connectivity index (χ1v) is 16.6. The molecule has 2 aromatic heterocycles. The van der Waals surface area contributed by atoms with Crippen molar-refractivity contribution in [3.05, 3.63) is 65.1 Å². The first-order valence-electron chi connectivity index (χ1n) is 14.8. The van der Waals surface area contributed by atoms with Crippen LogP contribution in [0.5, 0.6) is 11.6 Å². The van der Waals surface area contributed by atoms with Crippen LogP contribution >= 0.6 is 0 Å². The summed E-state index contributed by atoms with van der Waals surface area (Å²) < 4.78 is 105. The van der Waals surface area contributed by atoms with Crippen LogP contribution in [-0.4, -0.2) is 58.3 Å². The number of nitrogens with zero attached hydrogens (tertiary/aromatic N) is 5. The Morgan fingerprint density at radius 3 is 2.24 bits per heavy atom. The maximum atomic E-state index is 14.1. The summed E-state index contributed by atoms with van der Waals surface area (Å²) in [4.78, 5) is 16.7. The highest BCUT2D eigenvalue weighted by molar-refractivity contribution is 7.90. The van der Waals surface area contributed by atoms with E-state index in [1.54, 1.807) is 6.07 Å². The summed E-state index contributed by atoms with van der Waals surface area (Å²) in [5.74, 6) is 1.20. The monoisotopic (exact) mass is 673 g/mol. The van der Waals surface area contributed by atoms with E-state index >= 15 is 0 Å². The molecule has 0 N–H and O–H groups in total. The zero-order valence-corrected chi connectivity index (χ0v) is 26.6. The summed E-state index contributed by atoms with van der Waals surface area (Å²) in [5, 5.41) is 0. The van der Waals surface area contributed by atoms with Crippen molar-refractivity contribution >= 4 is 22.8 Å². The van der Waals surface area contributed by atoms with Crippen molar-refractivity contribution in [3.8, 4) is 11.6 Å². The number of rotatable bonds is 14. The molecule has 1 aliphatic rings. The van der Waals surface area contributed by atoms with Crippen molar-refractivity contribution in [1.82, 2.24) is 15.0 Å². The Morgan fingerprint density at radius 2 is 1.65 bits per heavy atom. The van der Waals surface area contributed by atoms with E-state index < -0.39 is 46.8 Å². The quantitative estimate of drug-likeness (QED) is 0.135. The summed E-state index contributed by atoms with van der Waals surface area (Å²) in [5.41, 5.74) is -1.84. The van der Waals surface area contributed by atoms with E-state index in [9.17, 15) is 30.9 Å². The Kier molecular flexibility index (Phi) is 11.9. The van der Waals surface area contributed by atoms with E-state index in [4.69, 9.17) is 9.47 Å². The van der Waals surface area contributed by atoms with E-state index in [2.05, 4.69) is 19.9 Å². The van der Waals surface area contributed by atoms with Gasteiger partial charge in [0.15, 0.2) is 5.75 Å². The van der Waals surface area contributed by atoms with Crippen LogP contribution in [0.15, 0.2) is 42.7 Å². The summed E-state index contributed by atoms with van der Waals surface area (Å²) in [6, 6.07) is 4.91. The number of hydrogen-bond donors (Lipinski definition) is 0. The summed E-state index contributed by atoms with van der Waals surface area (Å²) >= 11 is -1.09. The van der Waals surface area contributed by atoms with Crippen LogP contribution in [-0.2, 0) is 36.6 Å². The maximum Gasteiger partial charge on any atom is 0.416 e. The first kappa shape index (κ1) is 35.4. The minimum Gasteiger partial charge on any atom is -0.616 e. The lowest BCUT2D eigenvalue weighted by Crippen LogP contribution is -2.32. The molecular weight excluding hydrogens is 636 g/mol. The van der Waals surface area contributed by atoms with Gasteiger partial charge in [0.1, 0.15) is 12.4 Å². The second-order valence-electron chi connectivity index (χ2n) is 11.1. The van der Waals surface area contributed by atoms with Crippen molar-refractivity contribution in [1.29, 1.82) is 0 Å². The fourth-order valence-corrected chi connectivity index (χ4v) is 5.80. The van der Waals surface area contributed by atoms with E-state index in [0.29, 0.717) is 36.4 Å². The third kappa shape index (κ3) is 9.53. The number of anilines is 2. The number of ether oxygens (including phenoxy) is 2. The van der Waals surface area contributed by atoms with E-state index in [1.165, 1.54) is 30.7 Å². The molecule has 0 amide bonds. The van der Waals surface area contributed by atoms with Gasteiger partial charge in [-0.15, -0.1) is 0 Å². The number of benzene rings is 1. The van der Waals surface area contributed by atoms with Crippen molar-refractivity contribution < 1.29 is 40.4 Å². The third-order valence-electron chi connectivity index (χ3n) is 7.79. The lowest BCUT2D eigenvalue weighted by Gasteiger charge is -2.30. The molecule has 0 bridgehead atoms. The molecule has 1 aliphatic carbocycles. The zero-order chi connectivity index (χ0) is 33.5. The van der Waals surface area contributed by atoms with Gasteiger partial charge in [-0.25, -0.2) is 15.0 Å². The van der Waals surface area contributed by atoms with Crippen LogP contribution in [0.4, 0.5) is 38.0 Å². The zero-order valence-electron chi connectivity index (χ0n) is 25.8. The standard InChI is InChI=1S/C31H37F6N5O3S/c1-4-41(18-21-7-5-6-8-21)27-11-12-28(44-2)40-26(27)20-42(29-38-16-24(17-39-29)45-13-14-46(3)43)19-22-15-23(30(32,33)34)9-10-25(22)31(35,36)37/h9-12,15-17,21H,4-8,13-14,18-20H2,1-3H3. The Balaban J connectivity index is 1.76. The van der Waals surface area contributed by atoms with E-state index in [-0.39, 0.29) is 36.5 Å². The highest BCUT2D eigenvalue weighted by Crippen LogP contribution is 2.38. The predicted octanol–water partition coefficient (Wildman–Crippen LogP) is 6.90. The van der Waals surface area contributed by atoms with Crippen LogP contribution in [0.2, 0.25) is 0 Å². The van der Waals surface area contributed by atoms with Gasteiger partial charge >= 0.3 is 12.4 Å². The largest absolute Gasteiger partial charge is 0.616 e. The molecule has 0 radical (unpaired) electrons. The molecule has 46 heavy (non-hydrogen) atoms. The van der Waals surface area contributed by atoms with Crippen molar-refractivity contribution in [2.24, 2.45) is 5.92 Å². The fourth-order valence-electron chi connectivity index (χ4n) is 5.48. The number of pyridine rings is 1. The molecule has 1 aromatic carbocycles. The number of aromatic nitrogens is 3. The first-order chi connectivity index (χ1) is 21.8. The van der Waals surface area contributed by atoms with Crippen LogP contribution in [0.1, 0.15) is 55.0 Å². The van der Waals surface area contributed by atoms with Gasteiger partial charge in [-0.1, -0.05) is 24.0 Å². The van der Waals surface area contributed by atoms with Gasteiger partial charge in [0.2, 0.25) is 11.8 Å². The number of hydrogen-bond acceptors (Lipinski definition) is 8. The van der Waals surface area contributed by atoms with Gasteiger partial charge in [0, 0.05) is 25.7 Å². The topological polar surface area (TPSA) is 86.7 Å². The highest BCUT2D eigenvalue weighted by Gasteiger charge is 2.37. The Hall–Kier alpha value is -3.46.